The SMILES string of the molecule is CC(=O)N1CCN(C(=O)[C@H](C)N[C@@H](C)c2ccc(C(C)C)cc2)CC1. The van der Waals surface area contributed by atoms with Crippen molar-refractivity contribution in [3.05, 3.63) is 35.4 Å². The van der Waals surface area contributed by atoms with Gasteiger partial charge in [-0.3, -0.25) is 14.9 Å². The normalized spacial score (nSPS) is 17.5. The van der Waals surface area contributed by atoms with Crippen LogP contribution < -0.4 is 5.32 Å². The molecule has 138 valence electrons. The van der Waals surface area contributed by atoms with Crippen LogP contribution in [-0.4, -0.2) is 53.8 Å². The van der Waals surface area contributed by atoms with E-state index in [1.165, 1.54) is 11.1 Å². The Bertz CT molecular complexity index is 589. The fraction of sp³-hybridized carbons (Fsp3) is 0.600. The van der Waals surface area contributed by atoms with Gasteiger partial charge in [0.2, 0.25) is 11.8 Å². The minimum Gasteiger partial charge on any atom is -0.339 e. The highest BCUT2D eigenvalue weighted by Gasteiger charge is 2.26. The molecule has 0 aliphatic carbocycles. The highest BCUT2D eigenvalue weighted by molar-refractivity contribution is 5.82. The van der Waals surface area contributed by atoms with E-state index >= 15 is 0 Å². The molecule has 1 saturated heterocycles. The predicted molar refractivity (Wildman–Crippen MR) is 100 cm³/mol. The minimum atomic E-state index is -0.247. The molecule has 0 saturated carbocycles. The van der Waals surface area contributed by atoms with E-state index in [0.29, 0.717) is 32.1 Å². The molecule has 5 heteroatoms. The Labute approximate surface area is 151 Å². The zero-order chi connectivity index (χ0) is 18.6. The zero-order valence-electron chi connectivity index (χ0n) is 16.1. The van der Waals surface area contributed by atoms with Crippen LogP contribution in [0.3, 0.4) is 0 Å². The van der Waals surface area contributed by atoms with Crippen LogP contribution in [0.1, 0.15) is 57.7 Å². The van der Waals surface area contributed by atoms with Crippen molar-refractivity contribution in [1.29, 1.82) is 0 Å². The molecule has 1 N–H and O–H groups in total. The number of nitrogens with one attached hydrogen (secondary N) is 1. The quantitative estimate of drug-likeness (QED) is 0.892. The highest BCUT2D eigenvalue weighted by Crippen LogP contribution is 2.19. The van der Waals surface area contributed by atoms with Crippen molar-refractivity contribution < 1.29 is 9.59 Å². The first kappa shape index (κ1) is 19.4. The fourth-order valence-corrected chi connectivity index (χ4v) is 3.23. The van der Waals surface area contributed by atoms with Gasteiger partial charge in [0.1, 0.15) is 0 Å². The van der Waals surface area contributed by atoms with Gasteiger partial charge in [0.05, 0.1) is 6.04 Å². The van der Waals surface area contributed by atoms with Gasteiger partial charge in [-0.2, -0.15) is 0 Å². The molecule has 0 bridgehead atoms. The van der Waals surface area contributed by atoms with Crippen molar-refractivity contribution in [1.82, 2.24) is 15.1 Å². The number of hydrogen-bond donors (Lipinski definition) is 1. The predicted octanol–water partition coefficient (Wildman–Crippen LogP) is 2.54. The van der Waals surface area contributed by atoms with Gasteiger partial charge in [-0.05, 0) is 30.9 Å². The van der Waals surface area contributed by atoms with Crippen molar-refractivity contribution in [2.45, 2.75) is 52.6 Å². The molecule has 0 aromatic heterocycles. The van der Waals surface area contributed by atoms with Crippen LogP contribution in [0.5, 0.6) is 0 Å². The summed E-state index contributed by atoms with van der Waals surface area (Å²) in [5, 5.41) is 3.40. The molecule has 1 fully saturated rings. The molecule has 0 unspecified atom stereocenters. The minimum absolute atomic E-state index is 0.0803. The summed E-state index contributed by atoms with van der Waals surface area (Å²) in [6.07, 6.45) is 0. The zero-order valence-corrected chi connectivity index (χ0v) is 16.1. The number of hydrogen-bond acceptors (Lipinski definition) is 3. The van der Waals surface area contributed by atoms with Gasteiger partial charge in [0.15, 0.2) is 0 Å². The summed E-state index contributed by atoms with van der Waals surface area (Å²) < 4.78 is 0. The molecule has 0 radical (unpaired) electrons. The van der Waals surface area contributed by atoms with Crippen molar-refractivity contribution >= 4 is 11.8 Å². The van der Waals surface area contributed by atoms with Gasteiger partial charge in [-0.25, -0.2) is 0 Å². The average molecular weight is 345 g/mol. The lowest BCUT2D eigenvalue weighted by Gasteiger charge is -2.36. The van der Waals surface area contributed by atoms with E-state index in [-0.39, 0.29) is 23.9 Å². The first-order valence-corrected chi connectivity index (χ1v) is 9.19. The molecular weight excluding hydrogens is 314 g/mol. The molecule has 1 aliphatic rings. The summed E-state index contributed by atoms with van der Waals surface area (Å²) in [5.41, 5.74) is 2.51. The van der Waals surface area contributed by atoms with Gasteiger partial charge in [-0.1, -0.05) is 38.1 Å². The Morgan fingerprint density at radius 3 is 1.84 bits per heavy atom. The molecular formula is C20H31N3O2. The van der Waals surface area contributed by atoms with E-state index in [9.17, 15) is 9.59 Å². The van der Waals surface area contributed by atoms with Crippen LogP contribution in [0.2, 0.25) is 0 Å². The molecule has 0 spiro atoms. The molecule has 1 aliphatic heterocycles. The molecule has 5 nitrogen and oxygen atoms in total. The highest BCUT2D eigenvalue weighted by atomic mass is 16.2. The van der Waals surface area contributed by atoms with Crippen LogP contribution in [0.25, 0.3) is 0 Å². The number of carbonyl (C=O) groups is 2. The van der Waals surface area contributed by atoms with Gasteiger partial charge < -0.3 is 9.80 Å². The van der Waals surface area contributed by atoms with E-state index < -0.39 is 0 Å². The largest absolute Gasteiger partial charge is 0.339 e. The van der Waals surface area contributed by atoms with Crippen LogP contribution in [-0.2, 0) is 9.59 Å². The Kier molecular flexibility index (Phi) is 6.59. The van der Waals surface area contributed by atoms with Crippen molar-refractivity contribution in [2.24, 2.45) is 0 Å². The van der Waals surface area contributed by atoms with Crippen LogP contribution >= 0.6 is 0 Å². The number of rotatable bonds is 5. The smallest absolute Gasteiger partial charge is 0.239 e. The fourth-order valence-electron chi connectivity index (χ4n) is 3.23. The maximum Gasteiger partial charge on any atom is 0.239 e. The lowest BCUT2D eigenvalue weighted by molar-refractivity contribution is -0.139. The second-order valence-electron chi connectivity index (χ2n) is 7.26. The van der Waals surface area contributed by atoms with E-state index in [4.69, 9.17) is 0 Å². The second kappa shape index (κ2) is 8.48. The number of carbonyl (C=O) groups excluding carboxylic acids is 2. The molecule has 1 aromatic rings. The van der Waals surface area contributed by atoms with Gasteiger partial charge in [-0.15, -0.1) is 0 Å². The van der Waals surface area contributed by atoms with Gasteiger partial charge >= 0.3 is 0 Å². The van der Waals surface area contributed by atoms with E-state index in [1.54, 1.807) is 11.8 Å². The van der Waals surface area contributed by atoms with E-state index in [2.05, 4.69) is 50.4 Å². The summed E-state index contributed by atoms with van der Waals surface area (Å²) in [6, 6.07) is 8.45. The van der Waals surface area contributed by atoms with Crippen LogP contribution in [0, 0.1) is 0 Å². The first-order chi connectivity index (χ1) is 11.8. The summed E-state index contributed by atoms with van der Waals surface area (Å²) in [7, 11) is 0. The second-order valence-corrected chi connectivity index (χ2v) is 7.26. The van der Waals surface area contributed by atoms with Crippen LogP contribution in [0.15, 0.2) is 24.3 Å². The number of nitrogens with zero attached hydrogens (tertiary/aromatic N) is 2. The Morgan fingerprint density at radius 1 is 0.880 bits per heavy atom. The number of piperazine rings is 1. The van der Waals surface area contributed by atoms with Gasteiger partial charge in [0, 0.05) is 39.1 Å². The summed E-state index contributed by atoms with van der Waals surface area (Å²) in [4.78, 5) is 27.7. The van der Waals surface area contributed by atoms with Crippen molar-refractivity contribution in [3.63, 3.8) is 0 Å². The monoisotopic (exact) mass is 345 g/mol. The van der Waals surface area contributed by atoms with Crippen molar-refractivity contribution in [2.75, 3.05) is 26.2 Å². The molecule has 2 amide bonds. The van der Waals surface area contributed by atoms with Gasteiger partial charge in [0.25, 0.3) is 0 Å². The third-order valence-electron chi connectivity index (χ3n) is 5.01. The molecule has 1 heterocycles. The molecule has 2 rings (SSSR count). The third-order valence-corrected chi connectivity index (χ3v) is 5.01. The third kappa shape index (κ3) is 5.05. The number of amides is 2. The summed E-state index contributed by atoms with van der Waals surface area (Å²) in [5.74, 6) is 0.706. The standard InChI is InChI=1S/C20H31N3O2/c1-14(2)18-6-8-19(9-7-18)15(3)21-16(4)20(25)23-12-10-22(11-13-23)17(5)24/h6-9,14-16,21H,10-13H2,1-5H3/t15-,16-/m0/s1. The summed E-state index contributed by atoms with van der Waals surface area (Å²) >= 11 is 0. The Hall–Kier alpha value is -1.88. The lowest BCUT2D eigenvalue weighted by atomic mass is 9.99. The Morgan fingerprint density at radius 2 is 1.36 bits per heavy atom. The maximum atomic E-state index is 12.6. The molecule has 25 heavy (non-hydrogen) atoms. The van der Waals surface area contributed by atoms with E-state index in [0.717, 1.165) is 0 Å². The molecule has 2 atom stereocenters. The average Bonchev–Trinajstić information content (AvgIpc) is 2.61. The Balaban J connectivity index is 1.89. The molecule has 1 aromatic carbocycles. The first-order valence-electron chi connectivity index (χ1n) is 9.19. The van der Waals surface area contributed by atoms with Crippen LogP contribution in [0.4, 0.5) is 0 Å². The number of benzene rings is 1. The van der Waals surface area contributed by atoms with E-state index in [1.807, 2.05) is 11.8 Å². The lowest BCUT2D eigenvalue weighted by Crippen LogP contribution is -2.54. The van der Waals surface area contributed by atoms with Crippen molar-refractivity contribution in [3.8, 4) is 0 Å². The topological polar surface area (TPSA) is 52.7 Å². The summed E-state index contributed by atoms with van der Waals surface area (Å²) in [6.45, 7) is 12.4. The maximum absolute atomic E-state index is 12.6.